The van der Waals surface area contributed by atoms with Gasteiger partial charge in [-0.25, -0.2) is 4.99 Å². The van der Waals surface area contributed by atoms with Crippen LogP contribution in [-0.4, -0.2) is 18.2 Å². The molecule has 7 heteroatoms. The van der Waals surface area contributed by atoms with Gasteiger partial charge in [-0.15, -0.1) is 0 Å². The number of nitrogens with one attached hydrogen (secondary N) is 1. The van der Waals surface area contributed by atoms with Crippen LogP contribution in [0.15, 0.2) is 82.7 Å². The Morgan fingerprint density at radius 2 is 1.77 bits per heavy atom. The minimum atomic E-state index is -0.183. The van der Waals surface area contributed by atoms with Crippen molar-refractivity contribution in [3.05, 3.63) is 93.9 Å². The van der Waals surface area contributed by atoms with Gasteiger partial charge in [0.25, 0.3) is 5.91 Å². The molecule has 1 N–H and O–H groups in total. The molecule has 1 heterocycles. The molecule has 1 amide bonds. The topological polar surface area (TPSA) is 59.9 Å². The lowest BCUT2D eigenvalue weighted by atomic mass is 10.2. The number of carbonyl (C=O) groups is 1. The number of hydrogen-bond donors (Lipinski definition) is 1. The molecule has 1 aliphatic rings. The number of amidine groups is 1. The van der Waals surface area contributed by atoms with Crippen molar-refractivity contribution in [2.45, 2.75) is 6.61 Å². The number of rotatable bonds is 6. The molecule has 0 saturated carbocycles. The molecule has 1 saturated heterocycles. The standard InChI is InChI=1S/C24H19ClN2O3S/c1-29-21-9-5-4-8-20(21)26-24-27-23(28)22(31-24)14-16-10-12-18(13-11-16)30-15-17-6-2-3-7-19(17)25/h2-14H,15H2,1H3,(H,26,27,28). The van der Waals surface area contributed by atoms with Crippen molar-refractivity contribution in [3.8, 4) is 11.5 Å². The van der Waals surface area contributed by atoms with Crippen molar-refractivity contribution in [1.82, 2.24) is 5.32 Å². The van der Waals surface area contributed by atoms with Crippen LogP contribution < -0.4 is 14.8 Å². The summed E-state index contributed by atoms with van der Waals surface area (Å²) in [6, 6.07) is 22.5. The van der Waals surface area contributed by atoms with E-state index in [1.807, 2.05) is 78.9 Å². The van der Waals surface area contributed by atoms with Crippen molar-refractivity contribution < 1.29 is 14.3 Å². The molecule has 4 rings (SSSR count). The van der Waals surface area contributed by atoms with Gasteiger partial charge >= 0.3 is 0 Å². The van der Waals surface area contributed by atoms with Crippen molar-refractivity contribution in [2.24, 2.45) is 4.99 Å². The SMILES string of the molecule is COc1ccccc1N=C1NC(=O)C(=Cc2ccc(OCc3ccccc3Cl)cc2)S1. The van der Waals surface area contributed by atoms with Gasteiger partial charge in [0.1, 0.15) is 23.8 Å². The molecule has 156 valence electrons. The van der Waals surface area contributed by atoms with Crippen LogP contribution in [-0.2, 0) is 11.4 Å². The minimum Gasteiger partial charge on any atom is -0.494 e. The molecular formula is C24H19ClN2O3S. The van der Waals surface area contributed by atoms with Crippen LogP contribution >= 0.6 is 23.4 Å². The summed E-state index contributed by atoms with van der Waals surface area (Å²) >= 11 is 7.45. The molecule has 0 radical (unpaired) electrons. The lowest BCUT2D eigenvalue weighted by Crippen LogP contribution is -2.19. The van der Waals surface area contributed by atoms with E-state index < -0.39 is 0 Å². The summed E-state index contributed by atoms with van der Waals surface area (Å²) in [5.74, 6) is 1.19. The average molecular weight is 451 g/mol. The van der Waals surface area contributed by atoms with E-state index in [2.05, 4.69) is 10.3 Å². The molecule has 0 atom stereocenters. The van der Waals surface area contributed by atoms with Crippen molar-refractivity contribution in [1.29, 1.82) is 0 Å². The minimum absolute atomic E-state index is 0.183. The highest BCUT2D eigenvalue weighted by molar-refractivity contribution is 8.18. The normalized spacial score (nSPS) is 15.9. The van der Waals surface area contributed by atoms with Crippen LogP contribution in [0.2, 0.25) is 5.02 Å². The molecular weight excluding hydrogens is 432 g/mol. The first-order valence-electron chi connectivity index (χ1n) is 9.51. The van der Waals surface area contributed by atoms with Crippen LogP contribution in [0.25, 0.3) is 6.08 Å². The summed E-state index contributed by atoms with van der Waals surface area (Å²) in [5, 5.41) is 3.99. The smallest absolute Gasteiger partial charge is 0.264 e. The highest BCUT2D eigenvalue weighted by Gasteiger charge is 2.24. The second kappa shape index (κ2) is 9.73. The molecule has 3 aromatic rings. The van der Waals surface area contributed by atoms with E-state index >= 15 is 0 Å². The molecule has 0 spiro atoms. The molecule has 0 aromatic heterocycles. The van der Waals surface area contributed by atoms with E-state index in [0.717, 1.165) is 16.9 Å². The first-order chi connectivity index (χ1) is 15.1. The summed E-state index contributed by atoms with van der Waals surface area (Å²) in [6.07, 6.45) is 1.82. The van der Waals surface area contributed by atoms with Crippen LogP contribution in [0, 0.1) is 0 Å². The maximum Gasteiger partial charge on any atom is 0.264 e. The Kier molecular flexibility index (Phi) is 6.60. The van der Waals surface area contributed by atoms with E-state index in [-0.39, 0.29) is 5.91 Å². The van der Waals surface area contributed by atoms with E-state index in [0.29, 0.717) is 33.1 Å². The van der Waals surface area contributed by atoms with Crippen molar-refractivity contribution in [3.63, 3.8) is 0 Å². The number of carbonyl (C=O) groups excluding carboxylic acids is 1. The highest BCUT2D eigenvalue weighted by atomic mass is 35.5. The Labute approximate surface area is 189 Å². The number of amides is 1. The largest absolute Gasteiger partial charge is 0.494 e. The van der Waals surface area contributed by atoms with Crippen LogP contribution in [0.5, 0.6) is 11.5 Å². The van der Waals surface area contributed by atoms with Gasteiger partial charge in [0.2, 0.25) is 0 Å². The number of benzene rings is 3. The average Bonchev–Trinajstić information content (AvgIpc) is 3.13. The van der Waals surface area contributed by atoms with Crippen molar-refractivity contribution >= 4 is 46.2 Å². The fourth-order valence-electron chi connectivity index (χ4n) is 2.90. The summed E-state index contributed by atoms with van der Waals surface area (Å²) in [5.41, 5.74) is 2.48. The number of ether oxygens (including phenoxy) is 2. The Morgan fingerprint density at radius 3 is 2.55 bits per heavy atom. The summed E-state index contributed by atoms with van der Waals surface area (Å²) < 4.78 is 11.1. The van der Waals surface area contributed by atoms with Crippen LogP contribution in [0.4, 0.5) is 5.69 Å². The Bertz CT molecular complexity index is 1160. The predicted molar refractivity (Wildman–Crippen MR) is 126 cm³/mol. The third kappa shape index (κ3) is 5.29. The predicted octanol–water partition coefficient (Wildman–Crippen LogP) is 5.82. The van der Waals surface area contributed by atoms with E-state index in [1.165, 1.54) is 11.8 Å². The summed E-state index contributed by atoms with van der Waals surface area (Å²) in [4.78, 5) is 17.4. The van der Waals surface area contributed by atoms with Gasteiger partial charge < -0.3 is 14.8 Å². The third-order valence-corrected chi connectivity index (χ3v) is 5.77. The number of para-hydroxylation sites is 2. The van der Waals surface area contributed by atoms with Crippen molar-refractivity contribution in [2.75, 3.05) is 7.11 Å². The number of aliphatic imine (C=N–C) groups is 1. The number of thioether (sulfide) groups is 1. The number of hydrogen-bond acceptors (Lipinski definition) is 5. The molecule has 3 aromatic carbocycles. The fourth-order valence-corrected chi connectivity index (χ4v) is 3.93. The maximum atomic E-state index is 12.3. The molecule has 1 aliphatic heterocycles. The van der Waals surface area contributed by atoms with E-state index in [1.54, 1.807) is 7.11 Å². The van der Waals surface area contributed by atoms with E-state index in [4.69, 9.17) is 21.1 Å². The van der Waals surface area contributed by atoms with E-state index in [9.17, 15) is 4.79 Å². The molecule has 1 fully saturated rings. The summed E-state index contributed by atoms with van der Waals surface area (Å²) in [6.45, 7) is 0.390. The quantitative estimate of drug-likeness (QED) is 0.481. The van der Waals surface area contributed by atoms with Gasteiger partial charge in [0, 0.05) is 10.6 Å². The Balaban J connectivity index is 1.43. The summed E-state index contributed by atoms with van der Waals surface area (Å²) in [7, 11) is 1.59. The molecule has 5 nitrogen and oxygen atoms in total. The Morgan fingerprint density at radius 1 is 1.03 bits per heavy atom. The van der Waals surface area contributed by atoms with Gasteiger partial charge in [-0.05, 0) is 53.7 Å². The number of nitrogens with zero attached hydrogens (tertiary/aromatic N) is 1. The zero-order valence-electron chi connectivity index (χ0n) is 16.7. The number of halogens is 1. The van der Waals surface area contributed by atoms with Gasteiger partial charge in [-0.3, -0.25) is 4.79 Å². The maximum absolute atomic E-state index is 12.3. The van der Waals surface area contributed by atoms with Gasteiger partial charge in [0.05, 0.1) is 12.0 Å². The second-order valence-electron chi connectivity index (χ2n) is 6.60. The lowest BCUT2D eigenvalue weighted by Gasteiger charge is -2.08. The van der Waals surface area contributed by atoms with Gasteiger partial charge in [-0.1, -0.05) is 54.1 Å². The zero-order valence-corrected chi connectivity index (χ0v) is 18.2. The van der Waals surface area contributed by atoms with Crippen LogP contribution in [0.1, 0.15) is 11.1 Å². The van der Waals surface area contributed by atoms with Gasteiger partial charge in [-0.2, -0.15) is 0 Å². The second-order valence-corrected chi connectivity index (χ2v) is 8.04. The van der Waals surface area contributed by atoms with Crippen LogP contribution in [0.3, 0.4) is 0 Å². The van der Waals surface area contributed by atoms with Gasteiger partial charge in [0.15, 0.2) is 5.17 Å². The lowest BCUT2D eigenvalue weighted by molar-refractivity contribution is -0.115. The zero-order chi connectivity index (χ0) is 21.6. The third-order valence-electron chi connectivity index (χ3n) is 4.49. The first kappa shape index (κ1) is 21.0. The Hall–Kier alpha value is -3.22. The number of methoxy groups -OCH3 is 1. The molecule has 0 aliphatic carbocycles. The first-order valence-corrected chi connectivity index (χ1v) is 10.7. The fraction of sp³-hybridized carbons (Fsp3) is 0.0833. The molecule has 0 bridgehead atoms. The molecule has 0 unspecified atom stereocenters. The monoisotopic (exact) mass is 450 g/mol. The highest BCUT2D eigenvalue weighted by Crippen LogP contribution is 2.32. The molecule has 31 heavy (non-hydrogen) atoms.